The number of hydrogen-bond acceptors (Lipinski definition) is 5. The van der Waals surface area contributed by atoms with Crippen molar-refractivity contribution in [1.29, 1.82) is 0 Å². The first-order valence-corrected chi connectivity index (χ1v) is 10.1. The van der Waals surface area contributed by atoms with Crippen molar-refractivity contribution in [1.82, 2.24) is 14.8 Å². The van der Waals surface area contributed by atoms with E-state index in [2.05, 4.69) is 36.1 Å². The van der Waals surface area contributed by atoms with Gasteiger partial charge >= 0.3 is 0 Å². The Hall–Kier alpha value is -1.76. The van der Waals surface area contributed by atoms with Crippen LogP contribution in [0.3, 0.4) is 0 Å². The lowest BCUT2D eigenvalue weighted by molar-refractivity contribution is 0.0720. The van der Waals surface area contributed by atoms with Crippen LogP contribution in [0, 0.1) is 0 Å². The molecule has 140 valence electrons. The summed E-state index contributed by atoms with van der Waals surface area (Å²) in [5, 5.41) is 2.69. The second kappa shape index (κ2) is 8.75. The average molecular weight is 373 g/mol. The molecule has 2 aromatic rings. The van der Waals surface area contributed by atoms with E-state index in [-0.39, 0.29) is 11.9 Å². The summed E-state index contributed by atoms with van der Waals surface area (Å²) in [5.41, 5.74) is 8.04. The van der Waals surface area contributed by atoms with Crippen LogP contribution in [0.2, 0.25) is 0 Å². The number of aromatic nitrogens is 1. The van der Waals surface area contributed by atoms with E-state index in [4.69, 9.17) is 5.73 Å². The van der Waals surface area contributed by atoms with Crippen molar-refractivity contribution < 1.29 is 4.79 Å². The minimum Gasteiger partial charge on any atom is -0.336 e. The minimum absolute atomic E-state index is 0.0353. The molecule has 2 heterocycles. The van der Waals surface area contributed by atoms with Crippen LogP contribution in [-0.2, 0) is 6.42 Å². The Balaban J connectivity index is 1.67. The van der Waals surface area contributed by atoms with Crippen molar-refractivity contribution >= 4 is 17.2 Å². The number of amides is 1. The molecule has 0 radical (unpaired) electrons. The maximum atomic E-state index is 12.9. The third-order valence-corrected chi connectivity index (χ3v) is 6.00. The fraction of sp³-hybridized carbons (Fsp3) is 0.500. The highest BCUT2D eigenvalue weighted by Crippen LogP contribution is 2.22. The lowest BCUT2D eigenvalue weighted by Crippen LogP contribution is -2.42. The van der Waals surface area contributed by atoms with E-state index in [0.29, 0.717) is 11.7 Å². The van der Waals surface area contributed by atoms with E-state index < -0.39 is 0 Å². The SMILES string of the molecule is CN(C)[C@H]1CCCCN(C(=O)c2csc([C@H](N)Cc3ccccc3)n2)C1. The van der Waals surface area contributed by atoms with Gasteiger partial charge in [0, 0.05) is 24.5 Å². The van der Waals surface area contributed by atoms with Gasteiger partial charge in [-0.05, 0) is 38.9 Å². The zero-order valence-corrected chi connectivity index (χ0v) is 16.4. The van der Waals surface area contributed by atoms with E-state index in [9.17, 15) is 4.79 Å². The van der Waals surface area contributed by atoms with Crippen LogP contribution in [0.1, 0.15) is 46.4 Å². The molecule has 2 atom stereocenters. The largest absolute Gasteiger partial charge is 0.336 e. The van der Waals surface area contributed by atoms with Crippen LogP contribution >= 0.6 is 11.3 Å². The number of carbonyl (C=O) groups excluding carboxylic acids is 1. The number of likely N-dealkylation sites (N-methyl/N-ethyl adjacent to an activating group) is 1. The highest BCUT2D eigenvalue weighted by molar-refractivity contribution is 7.09. The molecule has 0 spiro atoms. The van der Waals surface area contributed by atoms with Crippen molar-refractivity contribution in [2.75, 3.05) is 27.2 Å². The maximum Gasteiger partial charge on any atom is 0.273 e. The minimum atomic E-state index is -0.178. The molecule has 1 fully saturated rings. The van der Waals surface area contributed by atoms with Gasteiger partial charge in [0.25, 0.3) is 5.91 Å². The molecule has 2 N–H and O–H groups in total. The number of nitrogens with two attached hydrogens (primary N) is 1. The molecule has 1 aromatic carbocycles. The molecule has 6 heteroatoms. The molecule has 0 saturated carbocycles. The van der Waals surface area contributed by atoms with Crippen molar-refractivity contribution in [2.45, 2.75) is 37.8 Å². The molecular formula is C20H28N4OS. The molecular weight excluding hydrogens is 344 g/mol. The fourth-order valence-corrected chi connectivity index (χ4v) is 4.19. The summed E-state index contributed by atoms with van der Waals surface area (Å²) in [6.07, 6.45) is 4.09. The summed E-state index contributed by atoms with van der Waals surface area (Å²) >= 11 is 1.49. The van der Waals surface area contributed by atoms with Gasteiger partial charge in [0.1, 0.15) is 10.7 Å². The van der Waals surface area contributed by atoms with Crippen LogP contribution in [0.5, 0.6) is 0 Å². The van der Waals surface area contributed by atoms with Gasteiger partial charge in [-0.15, -0.1) is 11.3 Å². The number of rotatable bonds is 5. The quantitative estimate of drug-likeness (QED) is 0.876. The first-order valence-electron chi connectivity index (χ1n) is 9.25. The van der Waals surface area contributed by atoms with Crippen LogP contribution < -0.4 is 5.73 Å². The Morgan fingerprint density at radius 2 is 2.12 bits per heavy atom. The molecule has 0 aliphatic carbocycles. The standard InChI is InChI=1S/C20H28N4OS/c1-23(2)16-10-6-7-11-24(13-16)20(25)18-14-26-19(22-18)17(21)12-15-8-4-3-5-9-15/h3-5,8-9,14,16-17H,6-7,10-13,21H2,1-2H3/t16-,17+/m0/s1. The highest BCUT2D eigenvalue weighted by Gasteiger charge is 2.26. The van der Waals surface area contributed by atoms with E-state index >= 15 is 0 Å². The van der Waals surface area contributed by atoms with Crippen molar-refractivity contribution in [3.05, 3.63) is 52.0 Å². The topological polar surface area (TPSA) is 62.5 Å². The third-order valence-electron chi connectivity index (χ3n) is 5.02. The first-order chi connectivity index (χ1) is 12.5. The molecule has 3 rings (SSSR count). The predicted molar refractivity (Wildman–Crippen MR) is 106 cm³/mol. The summed E-state index contributed by atoms with van der Waals surface area (Å²) in [4.78, 5) is 21.7. The van der Waals surface area contributed by atoms with Crippen LogP contribution in [0.25, 0.3) is 0 Å². The van der Waals surface area contributed by atoms with Gasteiger partial charge in [-0.1, -0.05) is 36.8 Å². The zero-order chi connectivity index (χ0) is 18.5. The maximum absolute atomic E-state index is 12.9. The van der Waals surface area contributed by atoms with E-state index in [1.165, 1.54) is 16.9 Å². The molecule has 1 aliphatic rings. The third kappa shape index (κ3) is 4.69. The highest BCUT2D eigenvalue weighted by atomic mass is 32.1. The lowest BCUT2D eigenvalue weighted by Gasteiger charge is -2.28. The molecule has 0 bridgehead atoms. The zero-order valence-electron chi connectivity index (χ0n) is 15.6. The number of benzene rings is 1. The molecule has 0 unspecified atom stereocenters. The number of hydrogen-bond donors (Lipinski definition) is 1. The van der Waals surface area contributed by atoms with Gasteiger partial charge < -0.3 is 15.5 Å². The van der Waals surface area contributed by atoms with Gasteiger partial charge in [0.15, 0.2) is 0 Å². The Labute approximate surface area is 159 Å². The van der Waals surface area contributed by atoms with Gasteiger partial charge in [-0.2, -0.15) is 0 Å². The van der Waals surface area contributed by atoms with Crippen LogP contribution in [0.4, 0.5) is 0 Å². The second-order valence-electron chi connectivity index (χ2n) is 7.23. The van der Waals surface area contributed by atoms with Gasteiger partial charge in [0.2, 0.25) is 0 Å². The molecule has 1 amide bonds. The smallest absolute Gasteiger partial charge is 0.273 e. The van der Waals surface area contributed by atoms with Gasteiger partial charge in [-0.3, -0.25) is 4.79 Å². The van der Waals surface area contributed by atoms with Crippen LogP contribution in [-0.4, -0.2) is 53.9 Å². The summed E-state index contributed by atoms with van der Waals surface area (Å²) < 4.78 is 0. The fourth-order valence-electron chi connectivity index (χ4n) is 3.40. The average Bonchev–Trinajstić information content (AvgIpc) is 3.00. The van der Waals surface area contributed by atoms with Gasteiger partial charge in [-0.25, -0.2) is 4.98 Å². The molecule has 1 saturated heterocycles. The summed E-state index contributed by atoms with van der Waals surface area (Å²) in [5.74, 6) is 0.0353. The van der Waals surface area contributed by atoms with E-state index in [1.807, 2.05) is 28.5 Å². The summed E-state index contributed by atoms with van der Waals surface area (Å²) in [6.45, 7) is 1.58. The van der Waals surface area contributed by atoms with Crippen LogP contribution in [0.15, 0.2) is 35.7 Å². The van der Waals surface area contributed by atoms with E-state index in [1.54, 1.807) is 0 Å². The summed E-state index contributed by atoms with van der Waals surface area (Å²) in [7, 11) is 4.17. The van der Waals surface area contributed by atoms with Gasteiger partial charge in [0.05, 0.1) is 6.04 Å². The van der Waals surface area contributed by atoms with Crippen molar-refractivity contribution in [2.24, 2.45) is 5.73 Å². The Kier molecular flexibility index (Phi) is 6.40. The molecule has 5 nitrogen and oxygen atoms in total. The lowest BCUT2D eigenvalue weighted by atomic mass is 10.1. The molecule has 26 heavy (non-hydrogen) atoms. The first kappa shape index (κ1) is 19.0. The number of thiazole rings is 1. The number of likely N-dealkylation sites (tertiary alicyclic amines) is 1. The normalized spacial score (nSPS) is 19.4. The summed E-state index contributed by atoms with van der Waals surface area (Å²) in [6, 6.07) is 10.4. The molecule has 1 aliphatic heterocycles. The van der Waals surface area contributed by atoms with Crippen molar-refractivity contribution in [3.63, 3.8) is 0 Å². The Morgan fingerprint density at radius 3 is 2.85 bits per heavy atom. The second-order valence-corrected chi connectivity index (χ2v) is 8.12. The Morgan fingerprint density at radius 1 is 1.35 bits per heavy atom. The monoisotopic (exact) mass is 372 g/mol. The predicted octanol–water partition coefficient (Wildman–Crippen LogP) is 2.94. The van der Waals surface area contributed by atoms with E-state index in [0.717, 1.165) is 43.8 Å². The number of nitrogens with zero attached hydrogens (tertiary/aromatic N) is 3. The Bertz CT molecular complexity index is 716. The molecule has 1 aromatic heterocycles. The number of carbonyl (C=O) groups is 1. The van der Waals surface area contributed by atoms with Crippen molar-refractivity contribution in [3.8, 4) is 0 Å².